The highest BCUT2D eigenvalue weighted by Crippen LogP contribution is 2.26. The number of carbonyl (C=O) groups excluding carboxylic acids is 1. The lowest BCUT2D eigenvalue weighted by atomic mass is 10.1. The second-order valence-electron chi connectivity index (χ2n) is 4.54. The maximum Gasteiger partial charge on any atom is 0.250 e. The number of hydrogen-bond acceptors (Lipinski definition) is 3. The molecular weight excluding hydrogens is 240 g/mol. The van der Waals surface area contributed by atoms with Crippen molar-refractivity contribution in [1.82, 2.24) is 0 Å². The van der Waals surface area contributed by atoms with Crippen molar-refractivity contribution in [2.24, 2.45) is 5.73 Å². The van der Waals surface area contributed by atoms with Crippen LogP contribution in [0.3, 0.4) is 0 Å². The Morgan fingerprint density at radius 2 is 1.63 bits per heavy atom. The van der Waals surface area contributed by atoms with Crippen LogP contribution in [0.5, 0.6) is 11.5 Å². The molecule has 2 aromatic carbocycles. The van der Waals surface area contributed by atoms with Crippen LogP contribution in [0.15, 0.2) is 36.4 Å². The van der Waals surface area contributed by atoms with E-state index in [0.717, 1.165) is 16.9 Å². The summed E-state index contributed by atoms with van der Waals surface area (Å²) in [7, 11) is 0. The van der Waals surface area contributed by atoms with Gasteiger partial charge in [-0.25, -0.2) is 0 Å². The smallest absolute Gasteiger partial charge is 0.250 e. The normalized spacial score (nSPS) is 10.2. The van der Waals surface area contributed by atoms with Gasteiger partial charge in [0.15, 0.2) is 0 Å². The predicted molar refractivity (Wildman–Crippen MR) is 75.4 cm³/mol. The summed E-state index contributed by atoms with van der Waals surface area (Å²) in [6.07, 6.45) is 0. The molecule has 0 spiro atoms. The van der Waals surface area contributed by atoms with Crippen LogP contribution in [0, 0.1) is 13.8 Å². The van der Waals surface area contributed by atoms with Crippen LogP contribution in [0.4, 0.5) is 5.69 Å². The summed E-state index contributed by atoms with van der Waals surface area (Å²) in [5.41, 5.74) is 13.8. The first-order valence-corrected chi connectivity index (χ1v) is 5.91. The van der Waals surface area contributed by atoms with Crippen LogP contribution < -0.4 is 16.2 Å². The van der Waals surface area contributed by atoms with Gasteiger partial charge in [0.25, 0.3) is 5.91 Å². The molecule has 0 aromatic heterocycles. The molecule has 0 saturated heterocycles. The van der Waals surface area contributed by atoms with Crippen molar-refractivity contribution < 1.29 is 9.53 Å². The van der Waals surface area contributed by atoms with Crippen molar-refractivity contribution in [3.8, 4) is 11.5 Å². The zero-order valence-electron chi connectivity index (χ0n) is 10.9. The molecule has 0 fully saturated rings. The summed E-state index contributed by atoms with van der Waals surface area (Å²) in [4.78, 5) is 11.2. The molecule has 0 unspecified atom stereocenters. The van der Waals surface area contributed by atoms with Crippen LogP contribution in [-0.2, 0) is 0 Å². The highest BCUT2D eigenvalue weighted by Gasteiger charge is 2.08. The van der Waals surface area contributed by atoms with E-state index in [0.29, 0.717) is 11.4 Å². The summed E-state index contributed by atoms with van der Waals surface area (Å²) in [5.74, 6) is 0.689. The highest BCUT2D eigenvalue weighted by molar-refractivity contribution is 5.98. The van der Waals surface area contributed by atoms with Gasteiger partial charge in [-0.05, 0) is 55.3 Å². The Balaban J connectivity index is 2.33. The molecule has 0 bridgehead atoms. The van der Waals surface area contributed by atoms with Crippen molar-refractivity contribution in [3.05, 3.63) is 53.1 Å². The third kappa shape index (κ3) is 3.04. The molecule has 0 radical (unpaired) electrons. The average Bonchev–Trinajstić information content (AvgIpc) is 2.30. The third-order valence-corrected chi connectivity index (χ3v) is 2.72. The molecule has 2 rings (SSSR count). The van der Waals surface area contributed by atoms with Gasteiger partial charge in [0.2, 0.25) is 0 Å². The molecular formula is C15H16N2O2. The van der Waals surface area contributed by atoms with E-state index < -0.39 is 5.91 Å². The molecule has 0 heterocycles. The maximum absolute atomic E-state index is 11.2. The van der Waals surface area contributed by atoms with E-state index in [-0.39, 0.29) is 5.56 Å². The molecule has 1 amide bonds. The zero-order valence-corrected chi connectivity index (χ0v) is 10.9. The summed E-state index contributed by atoms with van der Waals surface area (Å²) in [6.45, 7) is 4.00. The summed E-state index contributed by atoms with van der Waals surface area (Å²) < 4.78 is 5.72. The van der Waals surface area contributed by atoms with Crippen LogP contribution in [-0.4, -0.2) is 5.91 Å². The number of ether oxygens (including phenoxy) is 1. The van der Waals surface area contributed by atoms with E-state index >= 15 is 0 Å². The molecule has 0 saturated carbocycles. The summed E-state index contributed by atoms with van der Waals surface area (Å²) >= 11 is 0. The number of amides is 1. The monoisotopic (exact) mass is 256 g/mol. The topological polar surface area (TPSA) is 78.3 Å². The molecule has 0 atom stereocenters. The molecule has 19 heavy (non-hydrogen) atoms. The molecule has 4 nitrogen and oxygen atoms in total. The van der Waals surface area contributed by atoms with Crippen molar-refractivity contribution in [1.29, 1.82) is 0 Å². The van der Waals surface area contributed by atoms with Gasteiger partial charge < -0.3 is 16.2 Å². The minimum atomic E-state index is -0.566. The van der Waals surface area contributed by atoms with Gasteiger partial charge in [0.05, 0.1) is 5.56 Å². The van der Waals surface area contributed by atoms with E-state index in [1.165, 1.54) is 0 Å². The van der Waals surface area contributed by atoms with Crippen LogP contribution in [0.2, 0.25) is 0 Å². The zero-order chi connectivity index (χ0) is 14.0. The number of nitrogen functional groups attached to an aromatic ring is 1. The van der Waals surface area contributed by atoms with Crippen LogP contribution in [0.25, 0.3) is 0 Å². The van der Waals surface area contributed by atoms with Gasteiger partial charge in [-0.1, -0.05) is 6.07 Å². The lowest BCUT2D eigenvalue weighted by Crippen LogP contribution is -2.13. The van der Waals surface area contributed by atoms with Crippen molar-refractivity contribution in [2.75, 3.05) is 5.73 Å². The Labute approximate surface area is 112 Å². The van der Waals surface area contributed by atoms with E-state index in [9.17, 15) is 4.79 Å². The number of aryl methyl sites for hydroxylation is 2. The summed E-state index contributed by atoms with van der Waals surface area (Å²) in [5, 5.41) is 0. The van der Waals surface area contributed by atoms with Gasteiger partial charge in [0.1, 0.15) is 11.5 Å². The quantitative estimate of drug-likeness (QED) is 0.829. The van der Waals surface area contributed by atoms with Crippen molar-refractivity contribution in [3.63, 3.8) is 0 Å². The molecule has 4 N–H and O–H groups in total. The van der Waals surface area contributed by atoms with Gasteiger partial charge in [0, 0.05) is 5.69 Å². The van der Waals surface area contributed by atoms with Crippen molar-refractivity contribution >= 4 is 11.6 Å². The van der Waals surface area contributed by atoms with Crippen LogP contribution >= 0.6 is 0 Å². The number of primary amides is 1. The Morgan fingerprint density at radius 1 is 1.00 bits per heavy atom. The molecule has 0 aliphatic heterocycles. The number of benzene rings is 2. The standard InChI is InChI=1S/C15H16N2O2/c1-9-5-10(2)7-12(6-9)19-11-3-4-14(16)13(8-11)15(17)18/h3-8H,16H2,1-2H3,(H2,17,18). The van der Waals surface area contributed by atoms with Gasteiger partial charge in [-0.3, -0.25) is 4.79 Å². The fourth-order valence-corrected chi connectivity index (χ4v) is 1.94. The number of anilines is 1. The first-order valence-electron chi connectivity index (χ1n) is 5.91. The second-order valence-corrected chi connectivity index (χ2v) is 4.54. The van der Waals surface area contributed by atoms with Gasteiger partial charge >= 0.3 is 0 Å². The lowest BCUT2D eigenvalue weighted by molar-refractivity contribution is 0.100. The van der Waals surface area contributed by atoms with Crippen LogP contribution in [0.1, 0.15) is 21.5 Å². The number of nitrogens with two attached hydrogens (primary N) is 2. The average molecular weight is 256 g/mol. The largest absolute Gasteiger partial charge is 0.457 e. The predicted octanol–water partition coefficient (Wildman–Crippen LogP) is 2.78. The summed E-state index contributed by atoms with van der Waals surface area (Å²) in [6, 6.07) is 10.8. The van der Waals surface area contributed by atoms with E-state index in [1.807, 2.05) is 26.0 Å². The fraction of sp³-hybridized carbons (Fsp3) is 0.133. The minimum Gasteiger partial charge on any atom is -0.457 e. The first kappa shape index (κ1) is 13.0. The highest BCUT2D eigenvalue weighted by atomic mass is 16.5. The maximum atomic E-state index is 11.2. The van der Waals surface area contributed by atoms with Gasteiger partial charge in [-0.15, -0.1) is 0 Å². The molecule has 98 valence electrons. The number of hydrogen-bond donors (Lipinski definition) is 2. The molecule has 0 aliphatic carbocycles. The first-order chi connectivity index (χ1) is 8.95. The third-order valence-electron chi connectivity index (χ3n) is 2.72. The number of carbonyl (C=O) groups is 1. The van der Waals surface area contributed by atoms with E-state index in [2.05, 4.69) is 6.07 Å². The Bertz CT molecular complexity index is 616. The van der Waals surface area contributed by atoms with E-state index in [1.54, 1.807) is 18.2 Å². The van der Waals surface area contributed by atoms with Gasteiger partial charge in [-0.2, -0.15) is 0 Å². The fourth-order valence-electron chi connectivity index (χ4n) is 1.94. The molecule has 4 heteroatoms. The molecule has 2 aromatic rings. The Morgan fingerprint density at radius 3 is 2.21 bits per heavy atom. The Hall–Kier alpha value is -2.49. The molecule has 0 aliphatic rings. The Kier molecular flexibility index (Phi) is 3.42. The van der Waals surface area contributed by atoms with E-state index in [4.69, 9.17) is 16.2 Å². The number of rotatable bonds is 3. The SMILES string of the molecule is Cc1cc(C)cc(Oc2ccc(N)c(C(N)=O)c2)c1. The lowest BCUT2D eigenvalue weighted by Gasteiger charge is -2.09. The second kappa shape index (κ2) is 5.02. The van der Waals surface area contributed by atoms with Crippen molar-refractivity contribution in [2.45, 2.75) is 13.8 Å². The minimum absolute atomic E-state index is 0.266.